The summed E-state index contributed by atoms with van der Waals surface area (Å²) < 4.78 is 188. The second kappa shape index (κ2) is 49.4. The third kappa shape index (κ3) is 32.2. The zero-order chi connectivity index (χ0) is 74.8. The molecule has 10 rings (SSSR count). The smallest absolute Gasteiger partial charge is 0.744 e. The first-order chi connectivity index (χ1) is 48.4. The Kier molecular flexibility index (Phi) is 46.3. The Morgan fingerprint density at radius 3 is 1.23 bits per heavy atom. The van der Waals surface area contributed by atoms with Crippen molar-refractivity contribution in [2.24, 2.45) is 61.4 Å². The Bertz CT molecular complexity index is 5670. The van der Waals surface area contributed by atoms with Crippen molar-refractivity contribution in [2.45, 2.75) is 9.79 Å². The van der Waals surface area contributed by atoms with Gasteiger partial charge in [-0.3, -0.25) is 0 Å². The fourth-order valence-electron chi connectivity index (χ4n) is 8.26. The van der Waals surface area contributed by atoms with Gasteiger partial charge < -0.3 is 40.3 Å². The van der Waals surface area contributed by atoms with Crippen LogP contribution in [0.5, 0.6) is 23.0 Å². The van der Waals surface area contributed by atoms with Crippen molar-refractivity contribution < 1.29 is 273 Å². The molecule has 0 aromatic heterocycles. The summed E-state index contributed by atoms with van der Waals surface area (Å²) in [6.45, 7) is 0. The molecule has 0 aliphatic rings. The maximum absolute atomic E-state index is 12.7. The summed E-state index contributed by atoms with van der Waals surface area (Å²) in [5.74, 6) is -0.566. The molecule has 0 unspecified atom stereocenters. The second-order valence-corrected chi connectivity index (χ2v) is 23.2. The topological polar surface area (TPSA) is 579 Å². The van der Waals surface area contributed by atoms with E-state index in [2.05, 4.69) is 85.6 Å². The molecule has 108 heavy (non-hydrogen) atoms. The van der Waals surface area contributed by atoms with Crippen LogP contribution >= 0.6 is 0 Å². The molecule has 10 aromatic carbocycles. The number of nitrogens with two attached hydrogens (primary N) is 2. The van der Waals surface area contributed by atoms with Crippen LogP contribution in [0.25, 0.3) is 33.7 Å². The zero-order valence-electron chi connectivity index (χ0n) is 57.2. The molecule has 524 valence electrons. The van der Waals surface area contributed by atoms with Gasteiger partial charge in [0.25, 0.3) is 0 Å². The number of anilines is 2. The first-order valence-corrected chi connectivity index (χ1v) is 33.8. The van der Waals surface area contributed by atoms with Crippen molar-refractivity contribution in [3.8, 4) is 23.0 Å². The van der Waals surface area contributed by atoms with Gasteiger partial charge in [0.05, 0.1) is 52.1 Å². The summed E-state index contributed by atoms with van der Waals surface area (Å²) in [5, 5.41) is 73.4. The Labute approximate surface area is 752 Å². The zero-order valence-corrected chi connectivity index (χ0v) is 74.1. The molecule has 0 bridgehead atoms. The van der Waals surface area contributed by atoms with Crippen LogP contribution in [0.2, 0.25) is 0 Å². The van der Waals surface area contributed by atoms with Crippen LogP contribution in [0.4, 0.5) is 79.6 Å². The van der Waals surface area contributed by atoms with Crippen LogP contribution < -0.4 is 198 Å². The van der Waals surface area contributed by atoms with Crippen molar-refractivity contribution in [1.29, 1.82) is 0 Å². The molecule has 48 heteroatoms. The molecule has 0 spiro atoms. The van der Waals surface area contributed by atoms with Gasteiger partial charge in [0.15, 0.2) is 5.75 Å². The van der Waals surface area contributed by atoms with E-state index in [0.29, 0.717) is 56.5 Å². The Balaban J connectivity index is 0.00000474. The SMILES string of the molecule is COc1cc(N=Nc2c[c-]ccc2)ccc1N=Nc1ccc(N)c2c(O)c(N=Nc3c[c-]c(/C=C/c4ccc(N=Nc5c(S(=O)(=O)[O-])cc6c(N=Nc7ccc(N=Nc8c[c-]ccc8)cc7OC)ccc(N)c6c5O)cc4S(=O)(=O)[O-])cc3)[c-]cc12.O=S(=O)=O.O=S(=O)=O.O=S(=O)=O.O=S(=O)=O.[Na+].[Na+].[Na+].[Na+].[Na+].[Na+]. The van der Waals surface area contributed by atoms with Gasteiger partial charge in [-0.2, -0.15) is 91.8 Å². The van der Waals surface area contributed by atoms with Crippen LogP contribution in [-0.4, -0.2) is 101 Å². The van der Waals surface area contributed by atoms with E-state index in [9.17, 15) is 36.2 Å². The summed E-state index contributed by atoms with van der Waals surface area (Å²) in [4.78, 5) is -1.78. The van der Waals surface area contributed by atoms with E-state index < -0.39 is 83.9 Å². The Hall–Kier alpha value is -6.84. The summed E-state index contributed by atoms with van der Waals surface area (Å²) >= 11 is 0. The third-order valence-electron chi connectivity index (χ3n) is 12.4. The van der Waals surface area contributed by atoms with Crippen molar-refractivity contribution in [3.05, 3.63) is 193 Å². The summed E-state index contributed by atoms with van der Waals surface area (Å²) in [6, 6.07) is 51.7. The number of phenols is 2. The van der Waals surface area contributed by atoms with Gasteiger partial charge in [0.1, 0.15) is 48.8 Å². The van der Waals surface area contributed by atoms with Gasteiger partial charge in [-0.05, 0) is 83.7 Å². The van der Waals surface area contributed by atoms with E-state index in [0.717, 1.165) is 12.1 Å². The molecule has 0 aliphatic heterocycles. The van der Waals surface area contributed by atoms with Crippen LogP contribution in [0.3, 0.4) is 0 Å². The molecule has 0 aliphatic carbocycles. The van der Waals surface area contributed by atoms with Crippen LogP contribution in [-0.2, 0) is 62.7 Å². The van der Waals surface area contributed by atoms with E-state index in [4.69, 9.17) is 71.4 Å². The minimum atomic E-state index is -5.42. The first-order valence-electron chi connectivity index (χ1n) is 27.0. The van der Waals surface area contributed by atoms with E-state index >= 15 is 0 Å². The van der Waals surface area contributed by atoms with Crippen molar-refractivity contribution in [1.82, 2.24) is 0 Å². The largest absolute Gasteiger partial charge is 1.00 e. The first kappa shape index (κ1) is 101. The molecule has 0 heterocycles. The summed E-state index contributed by atoms with van der Waals surface area (Å²) in [5.41, 5.74) is 15.3. The number of ether oxygens (including phenoxy) is 2. The standard InChI is InChI=1S/C60H42N14O10S2.6Na.4O3S/c1-83-52-31-40(66-63-37-9-5-3-6-10-37)21-26-49(52)71-69-47-29-24-45(61)56-43(47)23-28-51(59(56)75)73-65-39-18-14-35(15-19-39)13-16-36-17-20-42(33-54(36)85(77,78)79)68-74-58-55(86(80,81)82)34-44-48(30-25-46(62)57(44)60(58)76)70-72-50-27-22-41(32-53(50)84-2)67-64-38-11-7-4-8-12-38;;;;;;;4*1-4(2)3/h3-5,7,9-14,16-27,29-34,75-76H,61-62H2,1-2H3,(H,77,78,79)(H,80,81,82);;;;;;;;;;/q-4;6*+1;;;;/p-2/b16-13+,66-63?,67-64?,71-69?,72-70?,73-65?,74-68?;;;;;;;;;;. The van der Waals surface area contributed by atoms with Gasteiger partial charge in [0, 0.05) is 51.7 Å². The number of hydrogen-bond acceptors (Lipinski definition) is 36. The number of rotatable bonds is 18. The number of fused-ring (bicyclic) bond motifs is 2. The van der Waals surface area contributed by atoms with E-state index in [1.165, 1.54) is 56.7 Å². The Morgan fingerprint density at radius 1 is 0.407 bits per heavy atom. The van der Waals surface area contributed by atoms with E-state index in [-0.39, 0.29) is 245 Å². The minimum Gasteiger partial charge on any atom is -0.744 e. The molecule has 0 saturated heterocycles. The van der Waals surface area contributed by atoms with Gasteiger partial charge in [-0.1, -0.05) is 22.9 Å². The maximum Gasteiger partial charge on any atom is 1.00 e. The molecule has 6 N–H and O–H groups in total. The number of hydrogen-bond donors (Lipinski definition) is 4. The molecule has 36 nitrogen and oxygen atoms in total. The number of nitrogens with zero attached hydrogens (tertiary/aromatic N) is 12. The second-order valence-electron chi connectivity index (χ2n) is 18.8. The fraction of sp³-hybridized carbons (Fsp3) is 0.0333. The molecule has 0 saturated carbocycles. The third-order valence-corrected chi connectivity index (χ3v) is 14.2. The average molecular weight is 1640 g/mol. The average Bonchev–Trinajstić information content (AvgIpc) is 0.752. The van der Waals surface area contributed by atoms with Crippen molar-refractivity contribution in [3.63, 3.8) is 0 Å². The fourth-order valence-corrected chi connectivity index (χ4v) is 9.59. The summed E-state index contributed by atoms with van der Waals surface area (Å²) in [6.07, 6.45) is 2.78. The van der Waals surface area contributed by atoms with Gasteiger partial charge in [-0.25, -0.2) is 32.2 Å². The number of methoxy groups -OCH3 is 2. The van der Waals surface area contributed by atoms with E-state index in [1.807, 2.05) is 0 Å². The van der Waals surface area contributed by atoms with Gasteiger partial charge in [0.2, 0.25) is 0 Å². The van der Waals surface area contributed by atoms with Crippen LogP contribution in [0.15, 0.2) is 229 Å². The molecule has 0 fully saturated rings. The van der Waals surface area contributed by atoms with Gasteiger partial charge >= 0.3 is 220 Å². The molecule has 0 amide bonds. The van der Waals surface area contributed by atoms with Crippen LogP contribution in [0.1, 0.15) is 11.1 Å². The number of aromatic hydroxyl groups is 2. The monoisotopic (exact) mass is 1640 g/mol. The minimum absolute atomic E-state index is 0. The van der Waals surface area contributed by atoms with E-state index in [1.54, 1.807) is 115 Å². The maximum atomic E-state index is 12.7. The number of nitrogen functional groups attached to an aromatic ring is 2. The Morgan fingerprint density at radius 2 is 0.796 bits per heavy atom. The number of benzene rings is 10. The normalized spacial score (nSPS) is 10.8. The molecular formula is C60H40N14Na6O22S6. The summed E-state index contributed by atoms with van der Waals surface area (Å²) in [7, 11) is -20.2. The number of azo groups is 6. The van der Waals surface area contributed by atoms with Crippen molar-refractivity contribution >= 4 is 176 Å². The molecular weight excluding hydrogens is 1600 g/mol. The predicted molar refractivity (Wildman–Crippen MR) is 356 cm³/mol. The molecule has 0 atom stereocenters. The molecule has 10 aromatic rings. The van der Waals surface area contributed by atoms with Crippen LogP contribution in [0, 0.1) is 24.3 Å². The van der Waals surface area contributed by atoms with Gasteiger partial charge in [-0.15, -0.1) is 113 Å². The molecule has 0 radical (unpaired) electrons. The van der Waals surface area contributed by atoms with Crippen molar-refractivity contribution in [2.75, 3.05) is 25.7 Å². The number of phenolic OH excluding ortho intramolecular Hbond substituents is 2. The quantitative estimate of drug-likeness (QED) is 0.0155. The predicted octanol–water partition coefficient (Wildman–Crippen LogP) is -5.73.